The first-order valence-corrected chi connectivity index (χ1v) is 8.51. The van der Waals surface area contributed by atoms with E-state index in [0.29, 0.717) is 33.5 Å². The van der Waals surface area contributed by atoms with Crippen molar-refractivity contribution in [3.8, 4) is 28.7 Å². The maximum absolute atomic E-state index is 12.5. The standard InChI is InChI=1S/C18H20O6S/c1-21-15-6-5-12(9-14(15)19)7-8-25(20)13-10-16(22-2)18(24-4)17(11-13)23-3/h5-11,19H,1-4H3/b8-7+. The van der Waals surface area contributed by atoms with Gasteiger partial charge in [0.2, 0.25) is 5.75 Å². The highest BCUT2D eigenvalue weighted by Gasteiger charge is 2.15. The van der Waals surface area contributed by atoms with E-state index in [-0.39, 0.29) is 5.75 Å². The highest BCUT2D eigenvalue weighted by atomic mass is 32.2. The van der Waals surface area contributed by atoms with Crippen molar-refractivity contribution in [3.05, 3.63) is 41.3 Å². The zero-order valence-corrected chi connectivity index (χ0v) is 15.3. The number of methoxy groups -OCH3 is 4. The van der Waals surface area contributed by atoms with E-state index in [4.69, 9.17) is 18.9 Å². The molecule has 25 heavy (non-hydrogen) atoms. The van der Waals surface area contributed by atoms with Gasteiger partial charge in [-0.2, -0.15) is 0 Å². The van der Waals surface area contributed by atoms with Crippen LogP contribution in [0.25, 0.3) is 6.08 Å². The van der Waals surface area contributed by atoms with Crippen LogP contribution in [-0.2, 0) is 10.8 Å². The highest BCUT2D eigenvalue weighted by Crippen LogP contribution is 2.39. The average molecular weight is 364 g/mol. The van der Waals surface area contributed by atoms with Gasteiger partial charge in [-0.05, 0) is 23.8 Å². The van der Waals surface area contributed by atoms with Crippen molar-refractivity contribution in [3.63, 3.8) is 0 Å². The van der Waals surface area contributed by atoms with Crippen LogP contribution in [0, 0.1) is 0 Å². The molecule has 0 saturated carbocycles. The topological polar surface area (TPSA) is 74.2 Å². The molecule has 0 bridgehead atoms. The van der Waals surface area contributed by atoms with Gasteiger partial charge in [0, 0.05) is 17.5 Å². The summed E-state index contributed by atoms with van der Waals surface area (Å²) in [5.41, 5.74) is 0.694. The van der Waals surface area contributed by atoms with Crippen LogP contribution in [0.15, 0.2) is 40.6 Å². The molecule has 0 amide bonds. The zero-order valence-electron chi connectivity index (χ0n) is 14.4. The Morgan fingerprint density at radius 1 is 0.880 bits per heavy atom. The molecule has 0 fully saturated rings. The molecule has 0 saturated heterocycles. The highest BCUT2D eigenvalue weighted by molar-refractivity contribution is 7.88. The van der Waals surface area contributed by atoms with Gasteiger partial charge in [-0.25, -0.2) is 4.21 Å². The number of phenols is 1. The number of ether oxygens (including phenoxy) is 4. The SMILES string of the molecule is COc1ccc(/C=C/S(=O)c2cc(OC)c(OC)c(OC)c2)cc1O. The molecule has 0 aromatic heterocycles. The number of hydrogen-bond donors (Lipinski definition) is 1. The van der Waals surface area contributed by atoms with Crippen LogP contribution in [0.2, 0.25) is 0 Å². The van der Waals surface area contributed by atoms with Crippen LogP contribution >= 0.6 is 0 Å². The fourth-order valence-electron chi connectivity index (χ4n) is 2.20. The fraction of sp³-hybridized carbons (Fsp3) is 0.222. The van der Waals surface area contributed by atoms with Crippen LogP contribution in [0.4, 0.5) is 0 Å². The summed E-state index contributed by atoms with van der Waals surface area (Å²) in [5.74, 6) is 1.70. The summed E-state index contributed by atoms with van der Waals surface area (Å²) >= 11 is 0. The second-order valence-electron chi connectivity index (χ2n) is 4.89. The Balaban J connectivity index is 2.30. The molecule has 0 radical (unpaired) electrons. The van der Waals surface area contributed by atoms with Crippen molar-refractivity contribution in [1.29, 1.82) is 0 Å². The van der Waals surface area contributed by atoms with Gasteiger partial charge in [0.15, 0.2) is 23.0 Å². The van der Waals surface area contributed by atoms with Gasteiger partial charge in [0.1, 0.15) is 0 Å². The molecule has 2 aromatic rings. The van der Waals surface area contributed by atoms with Crippen molar-refractivity contribution in [2.45, 2.75) is 4.90 Å². The predicted octanol–water partition coefficient (Wildman–Crippen LogP) is 3.21. The summed E-state index contributed by atoms with van der Waals surface area (Å²) in [6, 6.07) is 8.18. The Kier molecular flexibility index (Phi) is 6.30. The Bertz CT molecular complexity index is 775. The Labute approximate surface area is 149 Å². The zero-order chi connectivity index (χ0) is 18.4. The van der Waals surface area contributed by atoms with Gasteiger partial charge in [0.25, 0.3) is 0 Å². The summed E-state index contributed by atoms with van der Waals surface area (Å²) in [6.45, 7) is 0. The van der Waals surface area contributed by atoms with E-state index >= 15 is 0 Å². The largest absolute Gasteiger partial charge is 0.504 e. The number of aromatic hydroxyl groups is 1. The summed E-state index contributed by atoms with van der Waals surface area (Å²) in [7, 11) is 4.54. The average Bonchev–Trinajstić information content (AvgIpc) is 2.64. The van der Waals surface area contributed by atoms with Crippen molar-refractivity contribution < 1.29 is 28.3 Å². The fourth-order valence-corrected chi connectivity index (χ4v) is 3.09. The van der Waals surface area contributed by atoms with Gasteiger partial charge in [-0.3, -0.25) is 0 Å². The molecular formula is C18H20O6S. The molecule has 1 unspecified atom stereocenters. The first kappa shape index (κ1) is 18.7. The van der Waals surface area contributed by atoms with Crippen molar-refractivity contribution in [2.75, 3.05) is 28.4 Å². The Morgan fingerprint density at radius 2 is 1.48 bits per heavy atom. The molecule has 6 nitrogen and oxygen atoms in total. The van der Waals surface area contributed by atoms with Gasteiger partial charge >= 0.3 is 0 Å². The molecule has 1 atom stereocenters. The van der Waals surface area contributed by atoms with E-state index in [2.05, 4.69) is 0 Å². The van der Waals surface area contributed by atoms with Crippen LogP contribution in [0.5, 0.6) is 28.7 Å². The van der Waals surface area contributed by atoms with E-state index in [1.54, 1.807) is 30.3 Å². The van der Waals surface area contributed by atoms with Crippen molar-refractivity contribution in [2.24, 2.45) is 0 Å². The third kappa shape index (κ3) is 4.24. The van der Waals surface area contributed by atoms with E-state index in [0.717, 1.165) is 0 Å². The summed E-state index contributed by atoms with van der Waals surface area (Å²) in [5, 5.41) is 11.3. The van der Waals surface area contributed by atoms with Crippen molar-refractivity contribution in [1.82, 2.24) is 0 Å². The number of rotatable bonds is 7. The molecule has 0 heterocycles. The van der Waals surface area contributed by atoms with Crippen molar-refractivity contribution >= 4 is 16.9 Å². The molecular weight excluding hydrogens is 344 g/mol. The molecule has 2 aromatic carbocycles. The minimum atomic E-state index is -1.44. The molecule has 0 aliphatic heterocycles. The normalized spacial score (nSPS) is 12.0. The molecule has 2 rings (SSSR count). The van der Waals surface area contributed by atoms with Crippen LogP contribution in [-0.4, -0.2) is 37.8 Å². The van der Waals surface area contributed by atoms with E-state index < -0.39 is 10.8 Å². The summed E-state index contributed by atoms with van der Waals surface area (Å²) in [4.78, 5) is 0.503. The first-order chi connectivity index (χ1) is 12.0. The van der Waals surface area contributed by atoms with E-state index in [1.165, 1.54) is 39.9 Å². The number of hydrogen-bond acceptors (Lipinski definition) is 6. The lowest BCUT2D eigenvalue weighted by atomic mass is 10.2. The minimum absolute atomic E-state index is 0.0169. The minimum Gasteiger partial charge on any atom is -0.504 e. The quantitative estimate of drug-likeness (QED) is 0.813. The maximum atomic E-state index is 12.5. The molecule has 0 aliphatic carbocycles. The summed E-state index contributed by atoms with van der Waals surface area (Å²) < 4.78 is 33.3. The lowest BCUT2D eigenvalue weighted by Gasteiger charge is -2.13. The molecule has 0 spiro atoms. The first-order valence-electron chi connectivity index (χ1n) is 7.29. The van der Waals surface area contributed by atoms with Gasteiger partial charge in [0.05, 0.1) is 44.1 Å². The Hall–Kier alpha value is -2.67. The second-order valence-corrected chi connectivity index (χ2v) is 6.23. The van der Waals surface area contributed by atoms with Crippen LogP contribution < -0.4 is 18.9 Å². The molecule has 0 aliphatic rings. The van der Waals surface area contributed by atoms with Gasteiger partial charge in [-0.15, -0.1) is 0 Å². The predicted molar refractivity (Wildman–Crippen MR) is 96.2 cm³/mol. The molecule has 7 heteroatoms. The third-order valence-corrected chi connectivity index (χ3v) is 4.54. The summed E-state index contributed by atoms with van der Waals surface area (Å²) in [6.07, 6.45) is 1.65. The van der Waals surface area contributed by atoms with Crippen LogP contribution in [0.3, 0.4) is 0 Å². The third-order valence-electron chi connectivity index (χ3n) is 3.46. The lowest BCUT2D eigenvalue weighted by molar-refractivity contribution is 0.323. The Morgan fingerprint density at radius 3 is 1.96 bits per heavy atom. The number of benzene rings is 2. The lowest BCUT2D eigenvalue weighted by Crippen LogP contribution is -1.97. The number of phenolic OH excluding ortho intramolecular Hbond substituents is 1. The monoisotopic (exact) mass is 364 g/mol. The maximum Gasteiger partial charge on any atom is 0.203 e. The van der Waals surface area contributed by atoms with Gasteiger partial charge < -0.3 is 24.1 Å². The van der Waals surface area contributed by atoms with Crippen LogP contribution in [0.1, 0.15) is 5.56 Å². The second kappa shape index (κ2) is 8.43. The molecule has 1 N–H and O–H groups in total. The smallest absolute Gasteiger partial charge is 0.203 e. The molecule has 134 valence electrons. The van der Waals surface area contributed by atoms with Gasteiger partial charge in [-0.1, -0.05) is 6.07 Å². The van der Waals surface area contributed by atoms with E-state index in [1.807, 2.05) is 0 Å². The van der Waals surface area contributed by atoms with E-state index in [9.17, 15) is 9.32 Å².